The second-order valence-electron chi connectivity index (χ2n) is 3.76. The molecule has 2 aromatic rings. The van der Waals surface area contributed by atoms with Crippen molar-refractivity contribution in [3.8, 4) is 11.8 Å². The highest BCUT2D eigenvalue weighted by molar-refractivity contribution is 6.37. The van der Waals surface area contributed by atoms with E-state index in [1.807, 2.05) is 6.07 Å². The lowest BCUT2D eigenvalue weighted by atomic mass is 10.1. The predicted molar refractivity (Wildman–Crippen MR) is 71.9 cm³/mol. The monoisotopic (exact) mass is 295 g/mol. The Labute approximate surface area is 119 Å². The highest BCUT2D eigenvalue weighted by atomic mass is 35.5. The smallest absolute Gasteiger partial charge is 0.156 e. The van der Waals surface area contributed by atoms with Crippen LogP contribution in [0, 0.1) is 17.1 Å². The van der Waals surface area contributed by atoms with Gasteiger partial charge in [-0.25, -0.2) is 4.39 Å². The molecular weight excluding hydrogens is 288 g/mol. The SMILES string of the molecule is N#Cc1ccc(COc2c(Cl)cccc2Cl)c(F)c1. The summed E-state index contributed by atoms with van der Waals surface area (Å²) in [6, 6.07) is 11.0. The summed E-state index contributed by atoms with van der Waals surface area (Å²) in [5, 5.41) is 9.38. The molecule has 0 heterocycles. The van der Waals surface area contributed by atoms with Crippen molar-refractivity contribution in [1.29, 1.82) is 5.26 Å². The summed E-state index contributed by atoms with van der Waals surface area (Å²) in [6.45, 7) is -0.0129. The van der Waals surface area contributed by atoms with E-state index in [0.717, 1.165) is 6.07 Å². The lowest BCUT2D eigenvalue weighted by Crippen LogP contribution is -2.00. The third-order valence-electron chi connectivity index (χ3n) is 2.47. The maximum Gasteiger partial charge on any atom is 0.156 e. The predicted octanol–water partition coefficient (Wildman–Crippen LogP) is 4.58. The molecule has 0 spiro atoms. The molecule has 5 heteroatoms. The van der Waals surface area contributed by atoms with Crippen LogP contribution in [-0.2, 0) is 6.61 Å². The van der Waals surface area contributed by atoms with Gasteiger partial charge >= 0.3 is 0 Å². The highest BCUT2D eigenvalue weighted by Gasteiger charge is 2.09. The van der Waals surface area contributed by atoms with Gasteiger partial charge < -0.3 is 4.74 Å². The molecule has 0 atom stereocenters. The third-order valence-corrected chi connectivity index (χ3v) is 3.07. The Morgan fingerprint density at radius 1 is 1.16 bits per heavy atom. The van der Waals surface area contributed by atoms with Crippen LogP contribution in [0.15, 0.2) is 36.4 Å². The maximum atomic E-state index is 13.6. The van der Waals surface area contributed by atoms with E-state index < -0.39 is 5.82 Å². The molecule has 0 fully saturated rings. The van der Waals surface area contributed by atoms with Crippen LogP contribution in [0.4, 0.5) is 4.39 Å². The van der Waals surface area contributed by atoms with Crippen molar-refractivity contribution in [3.63, 3.8) is 0 Å². The highest BCUT2D eigenvalue weighted by Crippen LogP contribution is 2.33. The lowest BCUT2D eigenvalue weighted by molar-refractivity contribution is 0.300. The van der Waals surface area contributed by atoms with E-state index in [1.54, 1.807) is 18.2 Å². The van der Waals surface area contributed by atoms with Gasteiger partial charge in [-0.05, 0) is 24.3 Å². The number of nitrogens with zero attached hydrogens (tertiary/aromatic N) is 1. The van der Waals surface area contributed by atoms with E-state index in [1.165, 1.54) is 12.1 Å². The Morgan fingerprint density at radius 2 is 1.84 bits per heavy atom. The molecule has 2 aromatic carbocycles. The van der Waals surface area contributed by atoms with Crippen molar-refractivity contribution in [2.24, 2.45) is 0 Å². The average molecular weight is 296 g/mol. The normalized spacial score (nSPS) is 10.0. The van der Waals surface area contributed by atoms with Crippen molar-refractivity contribution in [2.75, 3.05) is 0 Å². The van der Waals surface area contributed by atoms with Crippen LogP contribution in [-0.4, -0.2) is 0 Å². The quantitative estimate of drug-likeness (QED) is 0.830. The Morgan fingerprint density at radius 3 is 2.42 bits per heavy atom. The molecule has 0 radical (unpaired) electrons. The van der Waals surface area contributed by atoms with E-state index >= 15 is 0 Å². The summed E-state index contributed by atoms with van der Waals surface area (Å²) in [6.07, 6.45) is 0. The van der Waals surface area contributed by atoms with Gasteiger partial charge in [0.1, 0.15) is 12.4 Å². The molecule has 2 nitrogen and oxygen atoms in total. The molecule has 0 aliphatic heterocycles. The summed E-state index contributed by atoms with van der Waals surface area (Å²) in [4.78, 5) is 0. The molecule has 0 aromatic heterocycles. The summed E-state index contributed by atoms with van der Waals surface area (Å²) in [5.41, 5.74) is 0.590. The van der Waals surface area contributed by atoms with Crippen molar-refractivity contribution in [1.82, 2.24) is 0 Å². The van der Waals surface area contributed by atoms with Crippen molar-refractivity contribution in [3.05, 3.63) is 63.4 Å². The Hall–Kier alpha value is -1.76. The fraction of sp³-hybridized carbons (Fsp3) is 0.0714. The maximum absolute atomic E-state index is 13.6. The Bertz CT molecular complexity index is 632. The van der Waals surface area contributed by atoms with Crippen LogP contribution in [0.25, 0.3) is 0 Å². The summed E-state index contributed by atoms with van der Waals surface area (Å²) < 4.78 is 19.1. The molecule has 0 aliphatic rings. The number of hydrogen-bond donors (Lipinski definition) is 0. The fourth-order valence-corrected chi connectivity index (χ4v) is 2.01. The van der Waals surface area contributed by atoms with Crippen LogP contribution in [0.3, 0.4) is 0 Å². The minimum absolute atomic E-state index is 0.0129. The van der Waals surface area contributed by atoms with Gasteiger partial charge in [-0.1, -0.05) is 35.3 Å². The lowest BCUT2D eigenvalue weighted by Gasteiger charge is -2.10. The van der Waals surface area contributed by atoms with E-state index in [9.17, 15) is 4.39 Å². The third kappa shape index (κ3) is 3.17. The number of halogens is 3. The Kier molecular flexibility index (Phi) is 4.26. The molecule has 0 aliphatic carbocycles. The van der Waals surface area contributed by atoms with Crippen LogP contribution < -0.4 is 4.74 Å². The van der Waals surface area contributed by atoms with Crippen molar-refractivity contribution >= 4 is 23.2 Å². The van der Waals surface area contributed by atoms with E-state index in [4.69, 9.17) is 33.2 Å². The van der Waals surface area contributed by atoms with Crippen LogP contribution in [0.2, 0.25) is 10.0 Å². The van der Waals surface area contributed by atoms with Gasteiger partial charge in [-0.2, -0.15) is 5.26 Å². The van der Waals surface area contributed by atoms with Crippen molar-refractivity contribution < 1.29 is 9.13 Å². The van der Waals surface area contributed by atoms with Gasteiger partial charge in [0.25, 0.3) is 0 Å². The molecular formula is C14H8Cl2FNO. The van der Waals surface area contributed by atoms with Gasteiger partial charge in [0, 0.05) is 5.56 Å². The summed E-state index contributed by atoms with van der Waals surface area (Å²) in [7, 11) is 0. The largest absolute Gasteiger partial charge is 0.486 e. The molecule has 0 bridgehead atoms. The molecule has 0 unspecified atom stereocenters. The minimum Gasteiger partial charge on any atom is -0.486 e. The number of rotatable bonds is 3. The molecule has 19 heavy (non-hydrogen) atoms. The van der Waals surface area contributed by atoms with Crippen LogP contribution in [0.5, 0.6) is 5.75 Å². The molecule has 0 N–H and O–H groups in total. The van der Waals surface area contributed by atoms with Gasteiger partial charge in [0.2, 0.25) is 0 Å². The fourth-order valence-electron chi connectivity index (χ4n) is 1.50. The zero-order valence-electron chi connectivity index (χ0n) is 9.66. The van der Waals surface area contributed by atoms with Crippen molar-refractivity contribution in [2.45, 2.75) is 6.61 Å². The molecule has 0 amide bonds. The zero-order chi connectivity index (χ0) is 13.8. The molecule has 96 valence electrons. The second-order valence-corrected chi connectivity index (χ2v) is 4.57. The topological polar surface area (TPSA) is 33.0 Å². The van der Waals surface area contributed by atoms with Gasteiger partial charge in [0.15, 0.2) is 5.75 Å². The second kappa shape index (κ2) is 5.92. The number of nitriles is 1. The van der Waals surface area contributed by atoms with Gasteiger partial charge in [0.05, 0.1) is 21.7 Å². The standard InChI is InChI=1S/C14H8Cl2FNO/c15-11-2-1-3-12(16)14(11)19-8-10-5-4-9(7-18)6-13(10)17/h1-6H,8H2. The van der Waals surface area contributed by atoms with Gasteiger partial charge in [-0.15, -0.1) is 0 Å². The van der Waals surface area contributed by atoms with Crippen LogP contribution >= 0.6 is 23.2 Å². The first kappa shape index (κ1) is 13.7. The molecule has 0 saturated heterocycles. The number of hydrogen-bond acceptors (Lipinski definition) is 2. The zero-order valence-corrected chi connectivity index (χ0v) is 11.2. The Balaban J connectivity index is 2.17. The first-order valence-electron chi connectivity index (χ1n) is 5.37. The van der Waals surface area contributed by atoms with E-state index in [0.29, 0.717) is 21.4 Å². The van der Waals surface area contributed by atoms with E-state index in [2.05, 4.69) is 0 Å². The molecule has 2 rings (SSSR count). The molecule has 0 saturated carbocycles. The number of benzene rings is 2. The van der Waals surface area contributed by atoms with Gasteiger partial charge in [-0.3, -0.25) is 0 Å². The first-order valence-corrected chi connectivity index (χ1v) is 6.12. The minimum atomic E-state index is -0.498. The van der Waals surface area contributed by atoms with Crippen LogP contribution in [0.1, 0.15) is 11.1 Å². The van der Waals surface area contributed by atoms with E-state index in [-0.39, 0.29) is 12.2 Å². The average Bonchev–Trinajstić information content (AvgIpc) is 2.39. The first-order chi connectivity index (χ1) is 9.11. The number of para-hydroxylation sites is 1. The summed E-state index contributed by atoms with van der Waals surface area (Å²) in [5.74, 6) is -0.184. The number of ether oxygens (including phenoxy) is 1. The summed E-state index contributed by atoms with van der Waals surface area (Å²) >= 11 is 11.9.